The Morgan fingerprint density at radius 2 is 1.83 bits per heavy atom. The maximum absolute atomic E-state index is 12.0. The van der Waals surface area contributed by atoms with Crippen molar-refractivity contribution >= 4 is 79.3 Å². The first-order valence-electron chi connectivity index (χ1n) is 10.2. The van der Waals surface area contributed by atoms with Gasteiger partial charge in [-0.25, -0.2) is 9.97 Å². The van der Waals surface area contributed by atoms with Crippen LogP contribution in [-0.4, -0.2) is 47.5 Å². The van der Waals surface area contributed by atoms with Crippen molar-refractivity contribution in [1.29, 1.82) is 0 Å². The van der Waals surface area contributed by atoms with E-state index < -0.39 is 11.1 Å². The van der Waals surface area contributed by atoms with Gasteiger partial charge in [0.25, 0.3) is 0 Å². The van der Waals surface area contributed by atoms with Crippen molar-refractivity contribution in [2.24, 2.45) is 37.9 Å². The zero-order valence-electron chi connectivity index (χ0n) is 18.6. The van der Waals surface area contributed by atoms with Crippen LogP contribution in [0.2, 0.25) is 0 Å². The maximum atomic E-state index is 12.0. The number of guanidine groups is 2. The number of benzene rings is 1. The van der Waals surface area contributed by atoms with Crippen LogP contribution in [0.25, 0.3) is 11.3 Å². The van der Waals surface area contributed by atoms with Gasteiger partial charge in [-0.15, -0.1) is 27.0 Å². The number of thioether (sulfide) groups is 1. The zero-order chi connectivity index (χ0) is 25.5. The van der Waals surface area contributed by atoms with Crippen LogP contribution in [0.3, 0.4) is 0 Å². The third-order valence-electron chi connectivity index (χ3n) is 4.24. The summed E-state index contributed by atoms with van der Waals surface area (Å²) in [7, 11) is 0. The van der Waals surface area contributed by atoms with Crippen molar-refractivity contribution in [1.82, 2.24) is 18.7 Å². The molecule has 0 amide bonds. The van der Waals surface area contributed by atoms with Gasteiger partial charge in [0.05, 0.1) is 17.9 Å². The van der Waals surface area contributed by atoms with Gasteiger partial charge in [0.15, 0.2) is 23.1 Å². The molecule has 3 aromatic heterocycles. The number of aromatic amines is 1. The molecule has 4 rings (SSSR count). The minimum absolute atomic E-state index is 0.0150. The van der Waals surface area contributed by atoms with Crippen LogP contribution in [-0.2, 0) is 5.75 Å². The molecule has 188 valence electrons. The number of rotatable bonds is 10. The molecule has 3 heterocycles. The fraction of sp³-hybridized carbons (Fsp3) is 0.158. The summed E-state index contributed by atoms with van der Waals surface area (Å²) in [5.41, 5.74) is 25.2. The van der Waals surface area contributed by atoms with E-state index >= 15 is 0 Å². The predicted molar refractivity (Wildman–Crippen MR) is 148 cm³/mol. The van der Waals surface area contributed by atoms with Crippen LogP contribution in [0, 0.1) is 0 Å². The highest BCUT2D eigenvalue weighted by Crippen LogP contribution is 2.29. The molecule has 1 aromatic carbocycles. The van der Waals surface area contributed by atoms with Gasteiger partial charge in [-0.3, -0.25) is 4.99 Å². The molecule has 0 spiro atoms. The third-order valence-corrected chi connectivity index (χ3v) is 7.45. The van der Waals surface area contributed by atoms with Crippen LogP contribution < -0.4 is 33.7 Å². The molecule has 17 heteroatoms. The molecular weight excluding hydrogens is 541 g/mol. The minimum Gasteiger partial charge on any atom is -0.548 e. The van der Waals surface area contributed by atoms with Gasteiger partial charge in [-0.05, 0) is 12.1 Å². The molecular formula is C19H22N12OS4. The van der Waals surface area contributed by atoms with Gasteiger partial charge >= 0.3 is 0 Å². The number of aromatic nitrogens is 4. The molecule has 13 nitrogen and oxygen atoms in total. The molecule has 0 bridgehead atoms. The minimum atomic E-state index is -1.59. The van der Waals surface area contributed by atoms with Crippen LogP contribution in [0.5, 0.6) is 0 Å². The third kappa shape index (κ3) is 7.25. The standard InChI is InChI=1S/C19H22N12OS4/c20-16(21)28-18-26-12(8-34-18)7-33-5-4-24-14-15(31-36(32)30-14)25-11-3-1-2-10(6-11)13-9-35-19(27-13)29-17(22)23/h1-3,6,8-9H,4-5,7H2,(H,24,30)(H,25,31)(H4,20,21,26,28)(H4,22,23,27,29). The zero-order valence-corrected chi connectivity index (χ0v) is 21.9. The quantitative estimate of drug-likeness (QED) is 0.0713. The largest absolute Gasteiger partial charge is 0.548 e. The summed E-state index contributed by atoms with van der Waals surface area (Å²) in [6, 6.07) is 7.56. The summed E-state index contributed by atoms with van der Waals surface area (Å²) in [5.74, 6) is 1.78. The topological polar surface area (TPSA) is 231 Å². The lowest BCUT2D eigenvalue weighted by molar-refractivity contribution is 0.584. The lowest BCUT2D eigenvalue weighted by Crippen LogP contribution is -2.21. The number of thiazole rings is 2. The highest BCUT2D eigenvalue weighted by atomic mass is 32.2. The molecule has 0 saturated carbocycles. The van der Waals surface area contributed by atoms with E-state index in [-0.39, 0.29) is 11.9 Å². The molecule has 1 atom stereocenters. The Morgan fingerprint density at radius 1 is 1.08 bits per heavy atom. The number of nitrogens with two attached hydrogens (primary N) is 4. The summed E-state index contributed by atoms with van der Waals surface area (Å²) in [5, 5.41) is 7.96. The first-order chi connectivity index (χ1) is 17.4. The van der Waals surface area contributed by atoms with E-state index in [4.69, 9.17) is 22.9 Å². The Bertz CT molecular complexity index is 1440. The molecule has 0 radical (unpaired) electrons. The van der Waals surface area contributed by atoms with Gasteiger partial charge in [0.1, 0.15) is 0 Å². The summed E-state index contributed by atoms with van der Waals surface area (Å²) in [6.45, 7) is 0.502. The smallest absolute Gasteiger partial charge is 0.236 e. The number of anilines is 2. The Kier molecular flexibility index (Phi) is 8.49. The molecule has 0 aliphatic heterocycles. The van der Waals surface area contributed by atoms with Gasteiger partial charge in [0.2, 0.25) is 21.6 Å². The van der Waals surface area contributed by atoms with Crippen LogP contribution >= 0.6 is 45.6 Å². The molecule has 0 aliphatic rings. The van der Waals surface area contributed by atoms with Crippen molar-refractivity contribution in [2.75, 3.05) is 17.6 Å². The first-order valence-corrected chi connectivity index (χ1v) is 14.2. The number of nitrogens with one attached hydrogen (secondary N) is 2. The maximum Gasteiger partial charge on any atom is 0.236 e. The van der Waals surface area contributed by atoms with Gasteiger partial charge < -0.3 is 32.8 Å². The van der Waals surface area contributed by atoms with Crippen molar-refractivity contribution < 1.29 is 4.55 Å². The molecule has 36 heavy (non-hydrogen) atoms. The number of H-pyrrole nitrogens is 1. The van der Waals surface area contributed by atoms with Crippen molar-refractivity contribution in [3.63, 3.8) is 0 Å². The Balaban J connectivity index is 1.38. The Labute approximate surface area is 220 Å². The fourth-order valence-corrected chi connectivity index (χ4v) is 5.76. The van der Waals surface area contributed by atoms with E-state index in [0.717, 1.165) is 28.4 Å². The van der Waals surface area contributed by atoms with Crippen molar-refractivity contribution in [3.8, 4) is 11.3 Å². The predicted octanol–water partition coefficient (Wildman–Crippen LogP) is 2.10. The van der Waals surface area contributed by atoms with Crippen LogP contribution in [0.4, 0.5) is 21.8 Å². The molecule has 0 saturated heterocycles. The second-order valence-electron chi connectivity index (χ2n) is 6.99. The average molecular weight is 563 g/mol. The molecule has 10 N–H and O–H groups in total. The summed E-state index contributed by atoms with van der Waals surface area (Å²) >= 11 is 2.79. The molecule has 0 aliphatic carbocycles. The second-order valence-corrected chi connectivity index (χ2v) is 10.7. The van der Waals surface area contributed by atoms with E-state index in [9.17, 15) is 4.55 Å². The highest BCUT2D eigenvalue weighted by Gasteiger charge is 2.11. The Hall–Kier alpha value is -3.51. The summed E-state index contributed by atoms with van der Waals surface area (Å²) < 4.78 is 18.9. The van der Waals surface area contributed by atoms with Gasteiger partial charge in [-0.1, -0.05) is 12.1 Å². The number of hydrogen-bond acceptors (Lipinski definition) is 11. The molecule has 4 aromatic rings. The monoisotopic (exact) mass is 562 g/mol. The van der Waals surface area contributed by atoms with E-state index in [1.807, 2.05) is 35.0 Å². The second kappa shape index (κ2) is 12.0. The van der Waals surface area contributed by atoms with Gasteiger partial charge in [0, 0.05) is 37.9 Å². The van der Waals surface area contributed by atoms with Gasteiger partial charge in [-0.2, -0.15) is 21.7 Å². The number of aliphatic imine (C=N–C) groups is 2. The van der Waals surface area contributed by atoms with E-state index in [2.05, 4.69) is 39.0 Å². The number of nitrogens with zero attached hydrogens (tertiary/aromatic N) is 6. The molecule has 1 unspecified atom stereocenters. The normalized spacial score (nSPS) is 11.9. The van der Waals surface area contributed by atoms with E-state index in [1.165, 1.54) is 22.7 Å². The highest BCUT2D eigenvalue weighted by molar-refractivity contribution is 7.98. The first kappa shape index (κ1) is 25.6. The van der Waals surface area contributed by atoms with E-state index in [1.54, 1.807) is 11.8 Å². The lowest BCUT2D eigenvalue weighted by atomic mass is 10.1. The van der Waals surface area contributed by atoms with Crippen molar-refractivity contribution in [3.05, 3.63) is 46.2 Å². The Morgan fingerprint density at radius 3 is 2.61 bits per heavy atom. The average Bonchev–Trinajstić information content (AvgIpc) is 3.54. The number of hydrogen-bond donors (Lipinski definition) is 6. The lowest BCUT2D eigenvalue weighted by Gasteiger charge is -2.03. The SMILES string of the molecule is NC(N)=Nc1nc(CSCCN=c2[nH][s+]([O-])nc2Nc2cccc(-c3csc(N=C(N)N)n3)c2)cs1. The molecule has 0 fully saturated rings. The van der Waals surface area contributed by atoms with Crippen LogP contribution in [0.15, 0.2) is 50.0 Å². The van der Waals surface area contributed by atoms with Crippen LogP contribution in [0.1, 0.15) is 5.69 Å². The fourth-order valence-electron chi connectivity index (χ4n) is 2.84. The van der Waals surface area contributed by atoms with Crippen molar-refractivity contribution in [2.45, 2.75) is 5.75 Å². The van der Waals surface area contributed by atoms with E-state index in [0.29, 0.717) is 33.9 Å². The summed E-state index contributed by atoms with van der Waals surface area (Å²) in [4.78, 5) is 21.2. The summed E-state index contributed by atoms with van der Waals surface area (Å²) in [6.07, 6.45) is 0.